The van der Waals surface area contributed by atoms with Crippen molar-refractivity contribution in [3.05, 3.63) is 0 Å². The summed E-state index contributed by atoms with van der Waals surface area (Å²) in [5.74, 6) is -1.31. The molecule has 0 unspecified atom stereocenters. The highest BCUT2D eigenvalue weighted by Crippen LogP contribution is 2.37. The molecule has 1 aliphatic rings. The molecule has 22 heavy (non-hydrogen) atoms. The highest BCUT2D eigenvalue weighted by atomic mass is 28.4. The lowest BCUT2D eigenvalue weighted by molar-refractivity contribution is -0.144. The van der Waals surface area contributed by atoms with Gasteiger partial charge in [0, 0.05) is 0 Å². The Morgan fingerprint density at radius 2 is 1.95 bits per heavy atom. The standard InChI is InChI=1S/C15H30N2O4Si/c1-10(21-22(5,6)15(2,3)4)12(14(19)20)17-13(18)11-8-7-9-16-11/h10-12,16H,7-9H2,1-6H3,(H,17,18)(H,19,20)/t10-,11-,12+/m0/s1. The molecule has 1 rings (SSSR count). The third kappa shape index (κ3) is 4.79. The molecule has 128 valence electrons. The summed E-state index contributed by atoms with van der Waals surface area (Å²) >= 11 is 0. The van der Waals surface area contributed by atoms with E-state index in [4.69, 9.17) is 4.43 Å². The molecule has 0 aromatic heterocycles. The summed E-state index contributed by atoms with van der Waals surface area (Å²) in [5.41, 5.74) is 0. The van der Waals surface area contributed by atoms with Crippen LogP contribution in [-0.4, -0.2) is 50.0 Å². The second kappa shape index (κ2) is 7.10. The summed E-state index contributed by atoms with van der Waals surface area (Å²) in [7, 11) is -2.09. The number of rotatable bonds is 6. The van der Waals surface area contributed by atoms with E-state index in [1.807, 2.05) is 0 Å². The summed E-state index contributed by atoms with van der Waals surface area (Å²) in [6.07, 6.45) is 1.12. The zero-order chi connectivity index (χ0) is 17.1. The molecule has 1 fully saturated rings. The van der Waals surface area contributed by atoms with Crippen LogP contribution in [0.3, 0.4) is 0 Å². The monoisotopic (exact) mass is 330 g/mol. The number of carboxylic acids is 1. The van der Waals surface area contributed by atoms with Crippen LogP contribution >= 0.6 is 0 Å². The van der Waals surface area contributed by atoms with Gasteiger partial charge in [-0.3, -0.25) is 4.79 Å². The summed E-state index contributed by atoms with van der Waals surface area (Å²) < 4.78 is 6.11. The van der Waals surface area contributed by atoms with E-state index >= 15 is 0 Å². The molecule has 0 bridgehead atoms. The lowest BCUT2D eigenvalue weighted by Crippen LogP contribution is -2.56. The molecule has 3 atom stereocenters. The van der Waals surface area contributed by atoms with Gasteiger partial charge in [0.2, 0.25) is 5.91 Å². The first-order valence-electron chi connectivity index (χ1n) is 7.90. The Kier molecular flexibility index (Phi) is 6.17. The minimum absolute atomic E-state index is 0.0126. The molecular weight excluding hydrogens is 300 g/mol. The Morgan fingerprint density at radius 3 is 2.36 bits per heavy atom. The maximum absolute atomic E-state index is 12.1. The Balaban J connectivity index is 2.73. The van der Waals surface area contributed by atoms with Crippen LogP contribution in [0.15, 0.2) is 0 Å². The van der Waals surface area contributed by atoms with E-state index in [1.54, 1.807) is 6.92 Å². The number of nitrogens with one attached hydrogen (secondary N) is 2. The van der Waals surface area contributed by atoms with Gasteiger partial charge in [0.05, 0.1) is 12.1 Å². The fourth-order valence-electron chi connectivity index (χ4n) is 2.25. The number of carboxylic acid groups (broad SMARTS) is 1. The average molecular weight is 331 g/mol. The molecule has 0 spiro atoms. The molecule has 0 aromatic rings. The second-order valence-electron chi connectivity index (χ2n) is 7.56. The summed E-state index contributed by atoms with van der Waals surface area (Å²) in [5, 5.41) is 15.1. The fraction of sp³-hybridized carbons (Fsp3) is 0.867. The Hall–Kier alpha value is -0.923. The van der Waals surface area contributed by atoms with Gasteiger partial charge in [0.25, 0.3) is 0 Å². The quantitative estimate of drug-likeness (QED) is 0.646. The van der Waals surface area contributed by atoms with Gasteiger partial charge in [-0.05, 0) is 44.4 Å². The molecule has 1 aliphatic heterocycles. The Labute approximate surface area is 134 Å². The Morgan fingerprint density at radius 1 is 1.36 bits per heavy atom. The van der Waals surface area contributed by atoms with Crippen LogP contribution in [0.1, 0.15) is 40.5 Å². The third-order valence-corrected chi connectivity index (χ3v) is 9.27. The van der Waals surface area contributed by atoms with E-state index < -0.39 is 26.4 Å². The second-order valence-corrected chi connectivity index (χ2v) is 12.3. The molecule has 1 heterocycles. The van der Waals surface area contributed by atoms with Crippen LogP contribution in [0.4, 0.5) is 0 Å². The van der Waals surface area contributed by atoms with Crippen LogP contribution in [-0.2, 0) is 14.0 Å². The Bertz CT molecular complexity index is 414. The molecule has 7 heteroatoms. The van der Waals surface area contributed by atoms with Gasteiger partial charge in [-0.2, -0.15) is 0 Å². The topological polar surface area (TPSA) is 87.7 Å². The van der Waals surface area contributed by atoms with Gasteiger partial charge in [0.1, 0.15) is 0 Å². The summed E-state index contributed by atoms with van der Waals surface area (Å²) in [6.45, 7) is 13.0. The maximum Gasteiger partial charge on any atom is 0.328 e. The van der Waals surface area contributed by atoms with Crippen LogP contribution in [0, 0.1) is 0 Å². The van der Waals surface area contributed by atoms with Crippen molar-refractivity contribution in [3.63, 3.8) is 0 Å². The number of carbonyl (C=O) groups is 2. The first kappa shape index (κ1) is 19.1. The number of hydrogen-bond acceptors (Lipinski definition) is 4. The fourth-order valence-corrected chi connectivity index (χ4v) is 3.67. The number of aliphatic carboxylic acids is 1. The highest BCUT2D eigenvalue weighted by molar-refractivity contribution is 6.74. The molecule has 6 nitrogen and oxygen atoms in total. The molecule has 0 saturated carbocycles. The van der Waals surface area contributed by atoms with Crippen LogP contribution < -0.4 is 10.6 Å². The lowest BCUT2D eigenvalue weighted by Gasteiger charge is -2.39. The minimum atomic E-state index is -2.09. The van der Waals surface area contributed by atoms with Crippen molar-refractivity contribution >= 4 is 20.2 Å². The first-order chi connectivity index (χ1) is 9.95. The van der Waals surface area contributed by atoms with Crippen molar-refractivity contribution in [3.8, 4) is 0 Å². The molecule has 0 radical (unpaired) electrons. The average Bonchev–Trinajstić information content (AvgIpc) is 2.86. The predicted octanol–water partition coefficient (Wildman–Crippen LogP) is 1.72. The van der Waals surface area contributed by atoms with E-state index in [9.17, 15) is 14.7 Å². The van der Waals surface area contributed by atoms with E-state index in [2.05, 4.69) is 44.5 Å². The number of hydrogen-bond donors (Lipinski definition) is 3. The van der Waals surface area contributed by atoms with Gasteiger partial charge in [-0.1, -0.05) is 20.8 Å². The van der Waals surface area contributed by atoms with E-state index in [0.29, 0.717) is 0 Å². The van der Waals surface area contributed by atoms with E-state index in [-0.39, 0.29) is 17.0 Å². The van der Waals surface area contributed by atoms with E-state index in [0.717, 1.165) is 19.4 Å². The van der Waals surface area contributed by atoms with Crippen LogP contribution in [0.2, 0.25) is 18.1 Å². The molecule has 0 aromatic carbocycles. The highest BCUT2D eigenvalue weighted by Gasteiger charge is 2.41. The van der Waals surface area contributed by atoms with Crippen LogP contribution in [0.25, 0.3) is 0 Å². The SMILES string of the molecule is C[C@H](O[Si](C)(C)C(C)(C)C)[C@@H](NC(=O)[C@@H]1CCCN1)C(=O)O. The minimum Gasteiger partial charge on any atom is -0.480 e. The smallest absolute Gasteiger partial charge is 0.328 e. The first-order valence-corrected chi connectivity index (χ1v) is 10.8. The predicted molar refractivity (Wildman–Crippen MR) is 88.3 cm³/mol. The molecule has 3 N–H and O–H groups in total. The lowest BCUT2D eigenvalue weighted by atomic mass is 10.1. The van der Waals surface area contributed by atoms with E-state index in [1.165, 1.54) is 0 Å². The van der Waals surface area contributed by atoms with Gasteiger partial charge < -0.3 is 20.2 Å². The van der Waals surface area contributed by atoms with Gasteiger partial charge in [-0.25, -0.2) is 4.79 Å². The third-order valence-electron chi connectivity index (χ3n) is 4.70. The zero-order valence-corrected chi connectivity index (χ0v) is 15.5. The van der Waals surface area contributed by atoms with Gasteiger partial charge >= 0.3 is 5.97 Å². The number of amides is 1. The molecular formula is C15H30N2O4Si. The largest absolute Gasteiger partial charge is 0.480 e. The summed E-state index contributed by atoms with van der Waals surface area (Å²) in [6, 6.07) is -1.31. The molecule has 1 saturated heterocycles. The summed E-state index contributed by atoms with van der Waals surface area (Å²) in [4.78, 5) is 23.7. The van der Waals surface area contributed by atoms with Crippen molar-refractivity contribution in [2.24, 2.45) is 0 Å². The van der Waals surface area contributed by atoms with Crippen molar-refractivity contribution in [1.29, 1.82) is 0 Å². The zero-order valence-electron chi connectivity index (χ0n) is 14.5. The van der Waals surface area contributed by atoms with Crippen molar-refractivity contribution in [1.82, 2.24) is 10.6 Å². The normalized spacial score (nSPS) is 22.2. The van der Waals surface area contributed by atoms with Crippen molar-refractivity contribution < 1.29 is 19.1 Å². The molecule has 0 aliphatic carbocycles. The maximum atomic E-state index is 12.1. The van der Waals surface area contributed by atoms with Gasteiger partial charge in [0.15, 0.2) is 14.4 Å². The van der Waals surface area contributed by atoms with Crippen molar-refractivity contribution in [2.45, 2.75) is 76.9 Å². The molecule has 1 amide bonds. The van der Waals surface area contributed by atoms with Crippen LogP contribution in [0.5, 0.6) is 0 Å². The van der Waals surface area contributed by atoms with Gasteiger partial charge in [-0.15, -0.1) is 0 Å². The number of carbonyl (C=O) groups excluding carboxylic acids is 1. The van der Waals surface area contributed by atoms with Crippen molar-refractivity contribution in [2.75, 3.05) is 6.54 Å².